The lowest BCUT2D eigenvalue weighted by atomic mass is 9.90. The monoisotopic (exact) mass is 823 g/mol. The summed E-state index contributed by atoms with van der Waals surface area (Å²) in [7, 11) is 0. The third kappa shape index (κ3) is 5.13. The molecule has 0 amide bonds. The maximum Gasteiger partial charge on any atom is 0.200 e. The normalized spacial score (nSPS) is 12.0. The number of benzene rings is 6. The molecule has 0 unspecified atom stereocenters. The van der Waals surface area contributed by atoms with Gasteiger partial charge in [-0.05, 0) is 212 Å². The predicted octanol–water partition coefficient (Wildman–Crippen LogP) is 15.0. The molecule has 0 saturated carbocycles. The van der Waals surface area contributed by atoms with Crippen LogP contribution in [0.25, 0.3) is 66.1 Å². The Labute approximate surface area is 354 Å². The van der Waals surface area contributed by atoms with Crippen molar-refractivity contribution in [1.29, 1.82) is 5.26 Å². The Morgan fingerprint density at radius 1 is 0.361 bits per heavy atom. The minimum absolute atomic E-state index is 0.0233. The molecule has 6 aromatic carbocycles. The van der Waals surface area contributed by atoms with Crippen LogP contribution in [-0.2, 0) is 0 Å². The first-order valence-corrected chi connectivity index (χ1v) is 20.7. The van der Waals surface area contributed by atoms with Crippen LogP contribution in [0.2, 0.25) is 0 Å². The lowest BCUT2D eigenvalue weighted by Crippen LogP contribution is -2.11. The Balaban J connectivity index is 1.77. The maximum absolute atomic E-state index is 16.4. The van der Waals surface area contributed by atoms with Gasteiger partial charge in [0.2, 0.25) is 5.82 Å². The van der Waals surface area contributed by atoms with E-state index in [1.165, 1.54) is 6.07 Å². The van der Waals surface area contributed by atoms with E-state index in [-0.39, 0.29) is 16.8 Å². The molecule has 61 heavy (non-hydrogen) atoms. The molecule has 0 saturated heterocycles. The smallest absolute Gasteiger partial charge is 0.200 e. The highest BCUT2D eigenvalue weighted by Gasteiger charge is 2.34. The number of nitrogens with zero attached hydrogens (tertiary/aromatic N) is 3. The van der Waals surface area contributed by atoms with E-state index in [4.69, 9.17) is 0 Å². The Bertz CT molecular complexity index is 3240. The minimum Gasteiger partial charge on any atom is -0.307 e. The summed E-state index contributed by atoms with van der Waals surface area (Å²) < 4.78 is 82.5. The van der Waals surface area contributed by atoms with Gasteiger partial charge in [0.05, 0.1) is 39.0 Å². The number of aromatic nitrogens is 2. The molecule has 0 aliphatic heterocycles. The van der Waals surface area contributed by atoms with E-state index in [9.17, 15) is 9.65 Å². The molecule has 0 N–H and O–H groups in total. The third-order valence-electron chi connectivity index (χ3n) is 15.2. The summed E-state index contributed by atoms with van der Waals surface area (Å²) >= 11 is 0. The highest BCUT2D eigenvalue weighted by Crippen LogP contribution is 2.49. The van der Waals surface area contributed by atoms with Crippen molar-refractivity contribution in [3.63, 3.8) is 0 Å². The van der Waals surface area contributed by atoms with Crippen LogP contribution in [0, 0.1) is 151 Å². The molecule has 8 heteroatoms. The van der Waals surface area contributed by atoms with Crippen LogP contribution in [0.1, 0.15) is 94.6 Å². The first kappa shape index (κ1) is 41.8. The molecule has 2 aromatic heterocycles. The molecule has 0 fully saturated rings. The van der Waals surface area contributed by atoms with Crippen molar-refractivity contribution in [3.8, 4) is 28.6 Å². The molecule has 0 spiro atoms. The molecule has 0 bridgehead atoms. The molecule has 2 heterocycles. The van der Waals surface area contributed by atoms with Gasteiger partial charge in [-0.15, -0.1) is 0 Å². The van der Waals surface area contributed by atoms with E-state index >= 15 is 17.6 Å². The van der Waals surface area contributed by atoms with Crippen molar-refractivity contribution >= 4 is 43.6 Å². The van der Waals surface area contributed by atoms with Crippen LogP contribution in [0.3, 0.4) is 0 Å². The number of aryl methyl sites for hydroxylation is 8. The SMILES string of the molecule is Cc1c(C)c(C)c2c(c1C)c1c(C)c(C)c(C)c(C)c1n2-c1ccc(-c2c(F)c(F)c(F)c(F)c2F)c(-n2c3c(C)c(C)c(C)c(C)c3c3c(C)c(C)c(C)c(C)c32)c1C#N. The van der Waals surface area contributed by atoms with E-state index in [2.05, 4.69) is 79.9 Å². The number of fused-ring (bicyclic) bond motifs is 6. The summed E-state index contributed by atoms with van der Waals surface area (Å²) in [5.41, 5.74) is 18.8. The van der Waals surface area contributed by atoms with Crippen LogP contribution in [0.5, 0.6) is 0 Å². The second-order valence-corrected chi connectivity index (χ2v) is 17.5. The molecule has 0 aliphatic carbocycles. The third-order valence-corrected chi connectivity index (χ3v) is 15.2. The summed E-state index contributed by atoms with van der Waals surface area (Å²) in [4.78, 5) is 0. The molecular weight excluding hydrogens is 774 g/mol. The van der Waals surface area contributed by atoms with E-state index in [0.717, 1.165) is 122 Å². The summed E-state index contributed by atoms with van der Waals surface area (Å²) in [6.07, 6.45) is 0. The average molecular weight is 824 g/mol. The van der Waals surface area contributed by atoms with Crippen LogP contribution in [0.15, 0.2) is 12.1 Å². The zero-order valence-electron chi connectivity index (χ0n) is 37.9. The van der Waals surface area contributed by atoms with Crippen LogP contribution in [-0.4, -0.2) is 9.13 Å². The predicted molar refractivity (Wildman–Crippen MR) is 241 cm³/mol. The molecule has 0 atom stereocenters. The second kappa shape index (κ2) is 13.8. The summed E-state index contributed by atoms with van der Waals surface area (Å²) in [5, 5.41) is 15.7. The molecule has 8 rings (SSSR count). The number of nitriles is 1. The quantitative estimate of drug-likeness (QED) is 0.0993. The van der Waals surface area contributed by atoms with Gasteiger partial charge in [-0.1, -0.05) is 0 Å². The number of hydrogen-bond donors (Lipinski definition) is 0. The largest absolute Gasteiger partial charge is 0.307 e. The van der Waals surface area contributed by atoms with Crippen molar-refractivity contribution in [2.75, 3.05) is 0 Å². The van der Waals surface area contributed by atoms with Gasteiger partial charge in [-0.2, -0.15) is 5.26 Å². The standard InChI is InChI=1S/C53H50F5N3/c1-20-24(5)32(13)49-39(28(20)9)40-29(10)21(2)25(6)33(14)50(40)60(49)38-18-17-36(43-44(54)46(56)48(58)47(57)45(43)55)53(37(38)19-59)61-51-34(15)26(7)22(3)30(11)41(51)42-31(12)23(4)27(8)35(16)52(42)61/h17-18H,1-16H3. The van der Waals surface area contributed by atoms with Gasteiger partial charge in [-0.3, -0.25) is 0 Å². The Morgan fingerprint density at radius 3 is 0.951 bits per heavy atom. The highest BCUT2D eigenvalue weighted by molar-refractivity contribution is 6.18. The zero-order valence-corrected chi connectivity index (χ0v) is 37.9. The van der Waals surface area contributed by atoms with Crippen molar-refractivity contribution in [2.24, 2.45) is 0 Å². The topological polar surface area (TPSA) is 33.6 Å². The fourth-order valence-corrected chi connectivity index (χ4v) is 10.4. The van der Waals surface area contributed by atoms with E-state index in [0.29, 0.717) is 16.7 Å². The van der Waals surface area contributed by atoms with Gasteiger partial charge in [0, 0.05) is 27.1 Å². The highest BCUT2D eigenvalue weighted by atomic mass is 19.2. The second-order valence-electron chi connectivity index (χ2n) is 17.5. The molecule has 0 radical (unpaired) electrons. The van der Waals surface area contributed by atoms with Gasteiger partial charge in [0.15, 0.2) is 23.3 Å². The zero-order chi connectivity index (χ0) is 44.9. The van der Waals surface area contributed by atoms with Crippen molar-refractivity contribution in [2.45, 2.75) is 111 Å². The first-order chi connectivity index (χ1) is 28.6. The van der Waals surface area contributed by atoms with Crippen LogP contribution >= 0.6 is 0 Å². The number of rotatable bonds is 3. The lowest BCUT2D eigenvalue weighted by Gasteiger charge is -2.23. The summed E-state index contributed by atoms with van der Waals surface area (Å²) in [6.45, 7) is 33.0. The molecule has 312 valence electrons. The first-order valence-electron chi connectivity index (χ1n) is 20.7. The summed E-state index contributed by atoms with van der Waals surface area (Å²) in [6, 6.07) is 5.52. The molecular formula is C53H50F5N3. The minimum atomic E-state index is -2.25. The summed E-state index contributed by atoms with van der Waals surface area (Å²) in [5.74, 6) is -10.3. The van der Waals surface area contributed by atoms with Gasteiger partial charge < -0.3 is 9.13 Å². The van der Waals surface area contributed by atoms with Crippen LogP contribution in [0.4, 0.5) is 22.0 Å². The van der Waals surface area contributed by atoms with Crippen molar-refractivity contribution < 1.29 is 22.0 Å². The molecule has 8 aromatic rings. The number of hydrogen-bond acceptors (Lipinski definition) is 1. The van der Waals surface area contributed by atoms with Crippen molar-refractivity contribution in [3.05, 3.63) is 136 Å². The molecule has 0 aliphatic rings. The number of halogens is 5. The Hall–Kier alpha value is -5.94. The van der Waals surface area contributed by atoms with E-state index < -0.39 is 34.6 Å². The van der Waals surface area contributed by atoms with Crippen molar-refractivity contribution in [1.82, 2.24) is 9.13 Å². The Morgan fingerprint density at radius 2 is 0.639 bits per heavy atom. The lowest BCUT2D eigenvalue weighted by molar-refractivity contribution is 0.381. The van der Waals surface area contributed by atoms with Gasteiger partial charge in [-0.25, -0.2) is 22.0 Å². The van der Waals surface area contributed by atoms with Gasteiger partial charge in [0.25, 0.3) is 0 Å². The average Bonchev–Trinajstić information content (AvgIpc) is 3.79. The van der Waals surface area contributed by atoms with E-state index in [1.54, 1.807) is 6.07 Å². The fraction of sp³-hybridized carbons (Fsp3) is 0.302. The van der Waals surface area contributed by atoms with Crippen LogP contribution < -0.4 is 0 Å². The van der Waals surface area contributed by atoms with E-state index in [1.807, 2.05) is 46.1 Å². The van der Waals surface area contributed by atoms with Gasteiger partial charge >= 0.3 is 0 Å². The maximum atomic E-state index is 16.4. The van der Waals surface area contributed by atoms with Gasteiger partial charge in [0.1, 0.15) is 11.6 Å². The Kier molecular flexibility index (Phi) is 9.44. The molecule has 3 nitrogen and oxygen atoms in total. The fourth-order valence-electron chi connectivity index (χ4n) is 10.4.